The molecule has 0 aliphatic heterocycles. The summed E-state index contributed by atoms with van der Waals surface area (Å²) in [7, 11) is -3.57. The molecule has 0 fully saturated rings. The third-order valence-corrected chi connectivity index (χ3v) is 6.50. The molecular weight excluding hydrogens is 465 g/mol. The quantitative estimate of drug-likeness (QED) is 0.415. The zero-order chi connectivity index (χ0) is 20.8. The van der Waals surface area contributed by atoms with E-state index in [1.165, 1.54) is 18.4 Å². The van der Waals surface area contributed by atoms with Gasteiger partial charge in [0.1, 0.15) is 5.82 Å². The van der Waals surface area contributed by atoms with E-state index in [4.69, 9.17) is 11.6 Å². The van der Waals surface area contributed by atoms with E-state index in [1.54, 1.807) is 25.1 Å². The Morgan fingerprint density at radius 3 is 2.18 bits per heavy atom. The van der Waals surface area contributed by atoms with Gasteiger partial charge in [0, 0.05) is 33.1 Å². The van der Waals surface area contributed by atoms with E-state index in [2.05, 4.69) is 15.9 Å². The fourth-order valence-electron chi connectivity index (χ4n) is 3.64. The first-order chi connectivity index (χ1) is 13.0. The monoisotopic (exact) mass is 483 g/mol. The lowest BCUT2D eigenvalue weighted by molar-refractivity contribution is 0.583. The maximum Gasteiger partial charge on any atom is 0.177 e. The molecule has 28 heavy (non-hydrogen) atoms. The Morgan fingerprint density at radius 1 is 1.07 bits per heavy atom. The van der Waals surface area contributed by atoms with Crippen molar-refractivity contribution in [3.05, 3.63) is 63.5 Å². The van der Waals surface area contributed by atoms with E-state index in [0.29, 0.717) is 26.3 Å². The standard InChI is InChI=1S/C21H20BrClFNO2S/c1-12(2)25-13(3)21(28(4,26)27)19(15-9-16(22)11-18(24)10-15)20(25)14-5-7-17(23)8-6-14/h5-12H,1-4H3. The van der Waals surface area contributed by atoms with Gasteiger partial charge in [-0.2, -0.15) is 0 Å². The summed E-state index contributed by atoms with van der Waals surface area (Å²) in [5.74, 6) is -0.444. The average Bonchev–Trinajstić information content (AvgIpc) is 2.88. The van der Waals surface area contributed by atoms with Crippen LogP contribution in [0.1, 0.15) is 25.6 Å². The van der Waals surface area contributed by atoms with Gasteiger partial charge in [-0.05, 0) is 62.2 Å². The summed E-state index contributed by atoms with van der Waals surface area (Å²) in [6.45, 7) is 5.77. The smallest absolute Gasteiger partial charge is 0.177 e. The molecule has 3 nitrogen and oxygen atoms in total. The minimum atomic E-state index is -3.57. The number of hydrogen-bond donors (Lipinski definition) is 0. The number of rotatable bonds is 4. The number of benzene rings is 2. The van der Waals surface area contributed by atoms with Crippen molar-refractivity contribution in [1.29, 1.82) is 0 Å². The Morgan fingerprint density at radius 2 is 1.68 bits per heavy atom. The largest absolute Gasteiger partial charge is 0.341 e. The van der Waals surface area contributed by atoms with Crippen molar-refractivity contribution in [1.82, 2.24) is 4.57 Å². The lowest BCUT2D eigenvalue weighted by Crippen LogP contribution is -2.06. The van der Waals surface area contributed by atoms with E-state index in [1.807, 2.05) is 30.5 Å². The third-order valence-electron chi connectivity index (χ3n) is 4.55. The van der Waals surface area contributed by atoms with Crippen LogP contribution in [0.4, 0.5) is 4.39 Å². The second-order valence-electron chi connectivity index (χ2n) is 7.04. The van der Waals surface area contributed by atoms with Crippen molar-refractivity contribution in [2.75, 3.05) is 6.26 Å². The highest BCUT2D eigenvalue weighted by Gasteiger charge is 2.29. The molecule has 0 amide bonds. The van der Waals surface area contributed by atoms with Gasteiger partial charge in [-0.1, -0.05) is 39.7 Å². The van der Waals surface area contributed by atoms with E-state index in [-0.39, 0.29) is 10.9 Å². The molecular formula is C21H20BrClFNO2S. The molecule has 1 heterocycles. The molecule has 0 saturated carbocycles. The fourth-order valence-corrected chi connectivity index (χ4v) is 5.45. The van der Waals surface area contributed by atoms with E-state index in [9.17, 15) is 12.8 Å². The minimum absolute atomic E-state index is 0.00284. The summed E-state index contributed by atoms with van der Waals surface area (Å²) in [5, 5.41) is 0.585. The van der Waals surface area contributed by atoms with Crippen molar-refractivity contribution >= 4 is 37.4 Å². The highest BCUT2D eigenvalue weighted by molar-refractivity contribution is 9.10. The molecule has 0 bridgehead atoms. The first-order valence-corrected chi connectivity index (χ1v) is 11.7. The molecule has 0 aliphatic rings. The maximum atomic E-state index is 14.2. The molecule has 148 valence electrons. The second-order valence-corrected chi connectivity index (χ2v) is 10.3. The fraction of sp³-hybridized carbons (Fsp3) is 0.238. The molecule has 0 saturated heterocycles. The molecule has 3 aromatic rings. The van der Waals surface area contributed by atoms with E-state index < -0.39 is 15.7 Å². The van der Waals surface area contributed by atoms with Gasteiger partial charge in [-0.3, -0.25) is 0 Å². The van der Waals surface area contributed by atoms with Crippen molar-refractivity contribution in [2.45, 2.75) is 31.7 Å². The number of halogens is 3. The predicted octanol–water partition coefficient (Wildman–Crippen LogP) is 6.67. The van der Waals surface area contributed by atoms with Crippen LogP contribution >= 0.6 is 27.5 Å². The van der Waals surface area contributed by atoms with Crippen molar-refractivity contribution < 1.29 is 12.8 Å². The number of sulfone groups is 1. The lowest BCUT2D eigenvalue weighted by atomic mass is 10.0. The first kappa shape index (κ1) is 21.1. The van der Waals surface area contributed by atoms with Gasteiger partial charge >= 0.3 is 0 Å². The molecule has 0 aliphatic carbocycles. The zero-order valence-electron chi connectivity index (χ0n) is 15.9. The summed E-state index contributed by atoms with van der Waals surface area (Å²) in [6.07, 6.45) is 1.18. The Bertz CT molecular complexity index is 1130. The maximum absolute atomic E-state index is 14.2. The van der Waals surface area contributed by atoms with Crippen LogP contribution in [0, 0.1) is 12.7 Å². The molecule has 0 atom stereocenters. The topological polar surface area (TPSA) is 39.1 Å². The van der Waals surface area contributed by atoms with Crippen molar-refractivity contribution in [3.8, 4) is 22.4 Å². The number of nitrogens with zero attached hydrogens (tertiary/aromatic N) is 1. The summed E-state index contributed by atoms with van der Waals surface area (Å²) in [5.41, 5.74) is 3.15. The molecule has 0 unspecified atom stereocenters. The van der Waals surface area contributed by atoms with Gasteiger partial charge < -0.3 is 4.57 Å². The highest BCUT2D eigenvalue weighted by atomic mass is 79.9. The number of aromatic nitrogens is 1. The molecule has 0 radical (unpaired) electrons. The van der Waals surface area contributed by atoms with Crippen LogP contribution < -0.4 is 0 Å². The first-order valence-electron chi connectivity index (χ1n) is 8.68. The van der Waals surface area contributed by atoms with Gasteiger partial charge in [0.15, 0.2) is 9.84 Å². The minimum Gasteiger partial charge on any atom is -0.341 e. The Labute approximate surface area is 178 Å². The Balaban J connectivity index is 2.54. The molecule has 0 N–H and O–H groups in total. The van der Waals surface area contributed by atoms with Gasteiger partial charge in [0.25, 0.3) is 0 Å². The number of hydrogen-bond acceptors (Lipinski definition) is 2. The van der Waals surface area contributed by atoms with Crippen LogP contribution in [0.3, 0.4) is 0 Å². The summed E-state index contributed by atoms with van der Waals surface area (Å²) in [4.78, 5) is 0.212. The van der Waals surface area contributed by atoms with Crippen LogP contribution in [0.2, 0.25) is 5.02 Å². The van der Waals surface area contributed by atoms with Crippen molar-refractivity contribution in [3.63, 3.8) is 0 Å². The van der Waals surface area contributed by atoms with Crippen LogP contribution in [0.25, 0.3) is 22.4 Å². The average molecular weight is 485 g/mol. The van der Waals surface area contributed by atoms with Crippen LogP contribution in [0.5, 0.6) is 0 Å². The van der Waals surface area contributed by atoms with Crippen LogP contribution in [-0.2, 0) is 9.84 Å². The van der Waals surface area contributed by atoms with Gasteiger partial charge in [0.05, 0.1) is 10.6 Å². The lowest BCUT2D eigenvalue weighted by Gasteiger charge is -2.17. The van der Waals surface area contributed by atoms with Crippen LogP contribution in [-0.4, -0.2) is 19.2 Å². The van der Waals surface area contributed by atoms with E-state index in [0.717, 1.165) is 11.3 Å². The SMILES string of the molecule is Cc1c(S(C)(=O)=O)c(-c2cc(F)cc(Br)c2)c(-c2ccc(Cl)cc2)n1C(C)C. The normalized spacial score (nSPS) is 12.0. The molecule has 1 aromatic heterocycles. The predicted molar refractivity (Wildman–Crippen MR) is 116 cm³/mol. The Kier molecular flexibility index (Phi) is 5.76. The second kappa shape index (κ2) is 7.65. The zero-order valence-corrected chi connectivity index (χ0v) is 19.1. The molecule has 2 aromatic carbocycles. The third kappa shape index (κ3) is 3.91. The molecule has 0 spiro atoms. The summed E-state index contributed by atoms with van der Waals surface area (Å²) < 4.78 is 42.2. The highest BCUT2D eigenvalue weighted by Crippen LogP contribution is 2.44. The van der Waals surface area contributed by atoms with Crippen molar-refractivity contribution in [2.24, 2.45) is 0 Å². The van der Waals surface area contributed by atoms with Gasteiger partial charge in [0.2, 0.25) is 0 Å². The molecule has 7 heteroatoms. The molecule has 3 rings (SSSR count). The van der Waals surface area contributed by atoms with Gasteiger partial charge in [-0.25, -0.2) is 12.8 Å². The Hall–Kier alpha value is -1.63. The van der Waals surface area contributed by atoms with E-state index >= 15 is 0 Å². The summed E-state index contributed by atoms with van der Waals surface area (Å²) in [6, 6.07) is 11.6. The summed E-state index contributed by atoms with van der Waals surface area (Å²) >= 11 is 9.37. The van der Waals surface area contributed by atoms with Gasteiger partial charge in [-0.15, -0.1) is 0 Å². The van der Waals surface area contributed by atoms with Crippen LogP contribution in [0.15, 0.2) is 51.8 Å².